The van der Waals surface area contributed by atoms with Crippen LogP contribution in [0.3, 0.4) is 0 Å². The van der Waals surface area contributed by atoms with Gasteiger partial charge in [-0.15, -0.1) is 0 Å². The van der Waals surface area contributed by atoms with E-state index in [-0.39, 0.29) is 23.0 Å². The Kier molecular flexibility index (Phi) is 3.87. The average Bonchev–Trinajstić information content (AvgIpc) is 2.94. The fourth-order valence-corrected chi connectivity index (χ4v) is 3.02. The van der Waals surface area contributed by atoms with Gasteiger partial charge >= 0.3 is 5.97 Å². The van der Waals surface area contributed by atoms with Crippen LogP contribution in [0.2, 0.25) is 0 Å². The summed E-state index contributed by atoms with van der Waals surface area (Å²) in [5.41, 5.74) is 1.25. The second kappa shape index (κ2) is 5.85. The highest BCUT2D eigenvalue weighted by Gasteiger charge is 2.20. The third-order valence-corrected chi connectivity index (χ3v) is 4.33. The number of para-hydroxylation sites is 2. The monoisotopic (exact) mass is 331 g/mol. The summed E-state index contributed by atoms with van der Waals surface area (Å²) in [5.74, 6) is -0.496. The number of carbonyl (C=O) groups is 1. The molecule has 23 heavy (non-hydrogen) atoms. The molecule has 0 radical (unpaired) electrons. The van der Waals surface area contributed by atoms with Gasteiger partial charge in [0.2, 0.25) is 5.89 Å². The first kappa shape index (κ1) is 15.2. The van der Waals surface area contributed by atoms with E-state index >= 15 is 0 Å². The molecule has 0 unspecified atom stereocenters. The van der Waals surface area contributed by atoms with Crippen LogP contribution in [0.5, 0.6) is 0 Å². The van der Waals surface area contributed by atoms with E-state index in [2.05, 4.69) is 4.98 Å². The minimum absolute atomic E-state index is 0.00823. The molecule has 0 amide bonds. The molecule has 3 aromatic rings. The summed E-state index contributed by atoms with van der Waals surface area (Å²) in [6.07, 6.45) is 1.04. The molecule has 3 rings (SSSR count). The molecule has 2 aromatic carbocycles. The highest BCUT2D eigenvalue weighted by atomic mass is 32.2. The predicted molar refractivity (Wildman–Crippen MR) is 82.7 cm³/mol. The lowest BCUT2D eigenvalue weighted by Gasteiger charge is -2.06. The Labute approximate surface area is 132 Å². The molecular formula is C16H13NO5S. The summed E-state index contributed by atoms with van der Waals surface area (Å²) in [6.45, 7) is -0.175. The molecule has 0 spiro atoms. The normalized spacial score (nSPS) is 11.5. The first-order valence-electron chi connectivity index (χ1n) is 6.76. The Morgan fingerprint density at radius 1 is 1.13 bits per heavy atom. The number of ether oxygens (including phenoxy) is 1. The van der Waals surface area contributed by atoms with Gasteiger partial charge < -0.3 is 9.15 Å². The van der Waals surface area contributed by atoms with Gasteiger partial charge in [-0.25, -0.2) is 18.2 Å². The molecule has 1 aromatic heterocycles. The summed E-state index contributed by atoms with van der Waals surface area (Å²) in [6, 6.07) is 13.1. The van der Waals surface area contributed by atoms with Gasteiger partial charge in [0.15, 0.2) is 22.0 Å². The fourth-order valence-electron chi connectivity index (χ4n) is 2.15. The van der Waals surface area contributed by atoms with Crippen molar-refractivity contribution in [1.29, 1.82) is 0 Å². The zero-order chi connectivity index (χ0) is 16.4. The van der Waals surface area contributed by atoms with Crippen molar-refractivity contribution in [2.45, 2.75) is 11.5 Å². The van der Waals surface area contributed by atoms with E-state index in [1.165, 1.54) is 12.1 Å². The number of oxazole rings is 1. The van der Waals surface area contributed by atoms with Crippen molar-refractivity contribution >= 4 is 26.9 Å². The lowest BCUT2D eigenvalue weighted by molar-refractivity contribution is 0.0436. The maximum Gasteiger partial charge on any atom is 0.339 e. The van der Waals surface area contributed by atoms with E-state index < -0.39 is 15.8 Å². The molecule has 118 valence electrons. The van der Waals surface area contributed by atoms with Crippen LogP contribution in [-0.4, -0.2) is 25.6 Å². The molecule has 0 atom stereocenters. The van der Waals surface area contributed by atoms with Gasteiger partial charge in [-0.2, -0.15) is 0 Å². The maximum absolute atomic E-state index is 12.1. The topological polar surface area (TPSA) is 86.5 Å². The average molecular weight is 331 g/mol. The number of fused-ring (bicyclic) bond motifs is 1. The van der Waals surface area contributed by atoms with Crippen LogP contribution >= 0.6 is 0 Å². The molecule has 0 fully saturated rings. The van der Waals surface area contributed by atoms with Gasteiger partial charge in [0, 0.05) is 6.26 Å². The van der Waals surface area contributed by atoms with Crippen LogP contribution < -0.4 is 0 Å². The van der Waals surface area contributed by atoms with Crippen molar-refractivity contribution < 1.29 is 22.4 Å². The smallest absolute Gasteiger partial charge is 0.339 e. The minimum atomic E-state index is -3.52. The van der Waals surface area contributed by atoms with Crippen LogP contribution in [0.15, 0.2) is 57.8 Å². The summed E-state index contributed by atoms with van der Waals surface area (Å²) < 4.78 is 34.0. The molecule has 0 N–H and O–H groups in total. The van der Waals surface area contributed by atoms with Gasteiger partial charge in [-0.1, -0.05) is 24.3 Å². The van der Waals surface area contributed by atoms with Gasteiger partial charge in [-0.05, 0) is 24.3 Å². The van der Waals surface area contributed by atoms with E-state index in [9.17, 15) is 13.2 Å². The van der Waals surface area contributed by atoms with Gasteiger partial charge in [0.05, 0.1) is 10.5 Å². The SMILES string of the molecule is CS(=O)(=O)c1ccccc1C(=O)OCc1nc2ccccc2o1. The predicted octanol–water partition coefficient (Wildman–Crippen LogP) is 2.59. The number of benzene rings is 2. The first-order valence-corrected chi connectivity index (χ1v) is 8.65. The number of rotatable bonds is 4. The van der Waals surface area contributed by atoms with E-state index in [1.54, 1.807) is 24.3 Å². The Balaban J connectivity index is 1.80. The molecule has 0 aliphatic heterocycles. The lowest BCUT2D eigenvalue weighted by atomic mass is 10.2. The lowest BCUT2D eigenvalue weighted by Crippen LogP contribution is -2.11. The molecule has 0 aliphatic rings. The highest BCUT2D eigenvalue weighted by molar-refractivity contribution is 7.90. The highest BCUT2D eigenvalue weighted by Crippen LogP contribution is 2.18. The minimum Gasteiger partial charge on any atom is -0.452 e. The molecule has 0 bridgehead atoms. The van der Waals surface area contributed by atoms with Gasteiger partial charge in [-0.3, -0.25) is 0 Å². The van der Waals surface area contributed by atoms with E-state index in [0.717, 1.165) is 6.26 Å². The van der Waals surface area contributed by atoms with Crippen LogP contribution in [0.1, 0.15) is 16.2 Å². The standard InChI is InChI=1S/C16H13NO5S/c1-23(19,20)14-9-5-2-6-11(14)16(18)21-10-15-17-12-7-3-4-8-13(12)22-15/h2-9H,10H2,1H3. The van der Waals surface area contributed by atoms with Crippen LogP contribution in [-0.2, 0) is 21.2 Å². The van der Waals surface area contributed by atoms with Crippen molar-refractivity contribution in [3.05, 3.63) is 60.0 Å². The Bertz CT molecular complexity index is 942. The number of esters is 1. The molecule has 0 saturated heterocycles. The number of nitrogens with zero attached hydrogens (tertiary/aromatic N) is 1. The Hall–Kier alpha value is -2.67. The zero-order valence-corrected chi connectivity index (χ0v) is 13.0. The van der Waals surface area contributed by atoms with Crippen LogP contribution in [0.4, 0.5) is 0 Å². The Morgan fingerprint density at radius 3 is 2.57 bits per heavy atom. The summed E-state index contributed by atoms with van der Waals surface area (Å²) >= 11 is 0. The van der Waals surface area contributed by atoms with Gasteiger partial charge in [0.25, 0.3) is 0 Å². The molecule has 6 nitrogen and oxygen atoms in total. The number of sulfone groups is 1. The molecule has 0 aliphatic carbocycles. The third-order valence-electron chi connectivity index (χ3n) is 3.17. The largest absolute Gasteiger partial charge is 0.452 e. The van der Waals surface area contributed by atoms with Crippen LogP contribution in [0, 0.1) is 0 Å². The Morgan fingerprint density at radius 2 is 1.83 bits per heavy atom. The molecule has 1 heterocycles. The maximum atomic E-state index is 12.1. The fraction of sp³-hybridized carbons (Fsp3) is 0.125. The van der Waals surface area contributed by atoms with Crippen molar-refractivity contribution in [2.75, 3.05) is 6.26 Å². The zero-order valence-electron chi connectivity index (χ0n) is 12.2. The summed E-state index contributed by atoms with van der Waals surface area (Å²) in [5, 5.41) is 0. The van der Waals surface area contributed by atoms with Crippen LogP contribution in [0.25, 0.3) is 11.1 Å². The van der Waals surface area contributed by atoms with Crippen molar-refractivity contribution in [3.63, 3.8) is 0 Å². The molecule has 0 saturated carbocycles. The quantitative estimate of drug-likeness (QED) is 0.683. The molecule has 7 heteroatoms. The van der Waals surface area contributed by atoms with E-state index in [4.69, 9.17) is 9.15 Å². The number of hydrogen-bond donors (Lipinski definition) is 0. The number of carbonyl (C=O) groups excluding carboxylic acids is 1. The van der Waals surface area contributed by atoms with Crippen molar-refractivity contribution in [3.8, 4) is 0 Å². The second-order valence-corrected chi connectivity index (χ2v) is 6.90. The van der Waals surface area contributed by atoms with Gasteiger partial charge in [0.1, 0.15) is 5.52 Å². The van der Waals surface area contributed by atoms with E-state index in [0.29, 0.717) is 11.1 Å². The van der Waals surface area contributed by atoms with E-state index in [1.807, 2.05) is 12.1 Å². The number of hydrogen-bond acceptors (Lipinski definition) is 6. The second-order valence-electron chi connectivity index (χ2n) is 4.92. The van der Waals surface area contributed by atoms with Crippen molar-refractivity contribution in [2.24, 2.45) is 0 Å². The van der Waals surface area contributed by atoms with Crippen molar-refractivity contribution in [1.82, 2.24) is 4.98 Å². The number of aromatic nitrogens is 1. The first-order chi connectivity index (χ1) is 10.9. The summed E-state index contributed by atoms with van der Waals surface area (Å²) in [7, 11) is -3.52. The summed E-state index contributed by atoms with van der Waals surface area (Å²) in [4.78, 5) is 16.3. The third kappa shape index (κ3) is 3.24. The molecular weight excluding hydrogens is 318 g/mol.